The molecular formula is C23H20FNO4. The second-order valence-corrected chi connectivity index (χ2v) is 6.11. The van der Waals surface area contributed by atoms with Crippen molar-refractivity contribution >= 4 is 11.9 Å². The fraction of sp³-hybridized carbons (Fsp3) is 0.130. The predicted molar refractivity (Wildman–Crippen MR) is 109 cm³/mol. The SMILES string of the molecule is COc1cncc(-c2cc(OC)c(/C=C/C(=O)c3ccc(F)cc3)cc2OC)c1. The van der Waals surface area contributed by atoms with Crippen molar-refractivity contribution < 1.29 is 23.4 Å². The first kappa shape index (κ1) is 20.1. The van der Waals surface area contributed by atoms with Crippen LogP contribution in [-0.2, 0) is 0 Å². The standard InChI is InChI=1S/C23H20FNO4/c1-27-19-10-17(13-25-14-19)20-12-22(28-2)16(11-23(20)29-3)6-9-21(26)15-4-7-18(24)8-5-15/h4-14H,1-3H3/b9-6+. The molecule has 0 atom stereocenters. The maximum absolute atomic E-state index is 13.0. The molecule has 0 N–H and O–H groups in total. The lowest BCUT2D eigenvalue weighted by molar-refractivity contribution is 0.104. The van der Waals surface area contributed by atoms with Crippen LogP contribution in [0.3, 0.4) is 0 Å². The normalized spacial score (nSPS) is 10.8. The van der Waals surface area contributed by atoms with Gasteiger partial charge in [-0.2, -0.15) is 0 Å². The summed E-state index contributed by atoms with van der Waals surface area (Å²) in [5.41, 5.74) is 2.64. The van der Waals surface area contributed by atoms with Gasteiger partial charge in [0.05, 0.1) is 27.5 Å². The minimum Gasteiger partial charge on any atom is -0.496 e. The molecule has 2 aromatic carbocycles. The second-order valence-electron chi connectivity index (χ2n) is 6.11. The number of aromatic nitrogens is 1. The van der Waals surface area contributed by atoms with E-state index >= 15 is 0 Å². The topological polar surface area (TPSA) is 57.7 Å². The molecule has 0 amide bonds. The Balaban J connectivity index is 1.97. The van der Waals surface area contributed by atoms with E-state index in [1.807, 2.05) is 12.1 Å². The first-order valence-corrected chi connectivity index (χ1v) is 8.79. The van der Waals surface area contributed by atoms with Crippen LogP contribution in [0.15, 0.2) is 60.9 Å². The summed E-state index contributed by atoms with van der Waals surface area (Å²) in [6, 6.07) is 10.8. The molecular weight excluding hydrogens is 373 g/mol. The Bertz CT molecular complexity index is 1050. The number of benzene rings is 2. The van der Waals surface area contributed by atoms with Crippen molar-refractivity contribution in [2.75, 3.05) is 21.3 Å². The quantitative estimate of drug-likeness (QED) is 0.426. The highest BCUT2D eigenvalue weighted by Gasteiger charge is 2.13. The van der Waals surface area contributed by atoms with Gasteiger partial charge in [-0.1, -0.05) is 0 Å². The molecule has 0 spiro atoms. The predicted octanol–water partition coefficient (Wildman–Crippen LogP) is 4.81. The van der Waals surface area contributed by atoms with Crippen LogP contribution in [0.4, 0.5) is 4.39 Å². The Morgan fingerprint density at radius 3 is 2.31 bits per heavy atom. The van der Waals surface area contributed by atoms with Crippen LogP contribution in [0.2, 0.25) is 0 Å². The summed E-state index contributed by atoms with van der Waals surface area (Å²) in [5, 5.41) is 0. The molecule has 3 rings (SSSR count). The fourth-order valence-corrected chi connectivity index (χ4v) is 2.83. The third-order valence-electron chi connectivity index (χ3n) is 4.35. The van der Waals surface area contributed by atoms with Gasteiger partial charge in [0.15, 0.2) is 5.78 Å². The third-order valence-corrected chi connectivity index (χ3v) is 4.35. The number of rotatable bonds is 7. The van der Waals surface area contributed by atoms with E-state index in [0.717, 1.165) is 11.1 Å². The Morgan fingerprint density at radius 2 is 1.66 bits per heavy atom. The van der Waals surface area contributed by atoms with Crippen LogP contribution in [-0.4, -0.2) is 32.1 Å². The Hall–Kier alpha value is -3.67. The molecule has 1 aromatic heterocycles. The van der Waals surface area contributed by atoms with Crippen LogP contribution < -0.4 is 14.2 Å². The summed E-state index contributed by atoms with van der Waals surface area (Å²) in [7, 11) is 4.69. The van der Waals surface area contributed by atoms with Gasteiger partial charge >= 0.3 is 0 Å². The summed E-state index contributed by atoms with van der Waals surface area (Å²) in [6.45, 7) is 0. The smallest absolute Gasteiger partial charge is 0.185 e. The second kappa shape index (κ2) is 9.01. The number of methoxy groups -OCH3 is 3. The molecule has 0 aliphatic heterocycles. The molecule has 29 heavy (non-hydrogen) atoms. The highest BCUT2D eigenvalue weighted by atomic mass is 19.1. The van der Waals surface area contributed by atoms with E-state index in [0.29, 0.717) is 28.4 Å². The van der Waals surface area contributed by atoms with Gasteiger partial charge < -0.3 is 14.2 Å². The van der Waals surface area contributed by atoms with Gasteiger partial charge in [-0.15, -0.1) is 0 Å². The van der Waals surface area contributed by atoms with Crippen LogP contribution in [0.5, 0.6) is 17.2 Å². The largest absolute Gasteiger partial charge is 0.496 e. The van der Waals surface area contributed by atoms with Gasteiger partial charge in [0.1, 0.15) is 23.1 Å². The highest BCUT2D eigenvalue weighted by molar-refractivity contribution is 6.07. The van der Waals surface area contributed by atoms with Gasteiger partial charge in [0, 0.05) is 28.5 Å². The lowest BCUT2D eigenvalue weighted by Gasteiger charge is -2.14. The average Bonchev–Trinajstić information content (AvgIpc) is 2.77. The van der Waals surface area contributed by atoms with Crippen molar-refractivity contribution in [2.45, 2.75) is 0 Å². The Morgan fingerprint density at radius 1 is 0.931 bits per heavy atom. The number of hydrogen-bond donors (Lipinski definition) is 0. The van der Waals surface area contributed by atoms with E-state index in [2.05, 4.69) is 4.98 Å². The van der Waals surface area contributed by atoms with E-state index in [1.54, 1.807) is 45.9 Å². The highest BCUT2D eigenvalue weighted by Crippen LogP contribution is 2.37. The lowest BCUT2D eigenvalue weighted by Crippen LogP contribution is -1.96. The number of pyridine rings is 1. The number of nitrogens with zero attached hydrogens (tertiary/aromatic N) is 1. The number of allylic oxidation sites excluding steroid dienone is 1. The van der Waals surface area contributed by atoms with Crippen molar-refractivity contribution in [3.8, 4) is 28.4 Å². The Labute approximate surface area is 168 Å². The van der Waals surface area contributed by atoms with E-state index in [-0.39, 0.29) is 11.6 Å². The number of hydrogen-bond acceptors (Lipinski definition) is 5. The van der Waals surface area contributed by atoms with Gasteiger partial charge in [0.25, 0.3) is 0 Å². The van der Waals surface area contributed by atoms with Crippen LogP contribution in [0.25, 0.3) is 17.2 Å². The van der Waals surface area contributed by atoms with Crippen molar-refractivity contribution in [1.29, 1.82) is 0 Å². The van der Waals surface area contributed by atoms with Crippen molar-refractivity contribution in [2.24, 2.45) is 0 Å². The van der Waals surface area contributed by atoms with Crippen molar-refractivity contribution in [1.82, 2.24) is 4.98 Å². The number of carbonyl (C=O) groups excluding carboxylic acids is 1. The van der Waals surface area contributed by atoms with Gasteiger partial charge in [-0.05, 0) is 54.6 Å². The molecule has 6 heteroatoms. The molecule has 3 aromatic rings. The van der Waals surface area contributed by atoms with Crippen molar-refractivity contribution in [3.63, 3.8) is 0 Å². The first-order valence-electron chi connectivity index (χ1n) is 8.79. The molecule has 0 aliphatic carbocycles. The zero-order chi connectivity index (χ0) is 20.8. The van der Waals surface area contributed by atoms with Gasteiger partial charge in [-0.3, -0.25) is 9.78 Å². The zero-order valence-corrected chi connectivity index (χ0v) is 16.3. The molecule has 0 saturated carbocycles. The summed E-state index contributed by atoms with van der Waals surface area (Å²) in [6.07, 6.45) is 6.37. The van der Waals surface area contributed by atoms with Crippen LogP contribution in [0, 0.1) is 5.82 Å². The molecule has 148 valence electrons. The minimum atomic E-state index is -0.389. The summed E-state index contributed by atoms with van der Waals surface area (Å²) < 4.78 is 29.3. The number of halogens is 1. The summed E-state index contributed by atoms with van der Waals surface area (Å²) >= 11 is 0. The summed E-state index contributed by atoms with van der Waals surface area (Å²) in [4.78, 5) is 16.5. The van der Waals surface area contributed by atoms with Crippen molar-refractivity contribution in [3.05, 3.63) is 77.9 Å². The van der Waals surface area contributed by atoms with Crippen LogP contribution >= 0.6 is 0 Å². The van der Waals surface area contributed by atoms with E-state index < -0.39 is 0 Å². The van der Waals surface area contributed by atoms with E-state index in [9.17, 15) is 9.18 Å². The fourth-order valence-electron chi connectivity index (χ4n) is 2.83. The zero-order valence-electron chi connectivity index (χ0n) is 16.3. The Kier molecular flexibility index (Phi) is 6.24. The molecule has 5 nitrogen and oxygen atoms in total. The number of ketones is 1. The maximum atomic E-state index is 13.0. The molecule has 0 fully saturated rings. The summed E-state index contributed by atoms with van der Waals surface area (Å²) in [5.74, 6) is 1.14. The van der Waals surface area contributed by atoms with Gasteiger partial charge in [-0.25, -0.2) is 4.39 Å². The van der Waals surface area contributed by atoms with E-state index in [4.69, 9.17) is 14.2 Å². The molecule has 0 aliphatic rings. The number of carbonyl (C=O) groups is 1. The monoisotopic (exact) mass is 393 g/mol. The van der Waals surface area contributed by atoms with Gasteiger partial charge in [0.2, 0.25) is 0 Å². The minimum absolute atomic E-state index is 0.243. The van der Waals surface area contributed by atoms with Crippen LogP contribution in [0.1, 0.15) is 15.9 Å². The molecule has 0 saturated heterocycles. The number of ether oxygens (including phenoxy) is 3. The maximum Gasteiger partial charge on any atom is 0.185 e. The molecule has 1 heterocycles. The van der Waals surface area contributed by atoms with E-state index in [1.165, 1.54) is 30.3 Å². The lowest BCUT2D eigenvalue weighted by atomic mass is 10.0. The first-order chi connectivity index (χ1) is 14.0. The molecule has 0 bridgehead atoms. The third kappa shape index (κ3) is 4.60. The molecule has 0 unspecified atom stereocenters. The average molecular weight is 393 g/mol. The molecule has 0 radical (unpaired) electrons.